The van der Waals surface area contributed by atoms with Crippen LogP contribution in [0, 0.1) is 6.92 Å². The fraction of sp³-hybridized carbons (Fsp3) is 0.348. The van der Waals surface area contributed by atoms with Crippen LogP contribution >= 0.6 is 0 Å². The molecule has 1 atom stereocenters. The molecular formula is C23H26N4O4. The predicted octanol–water partition coefficient (Wildman–Crippen LogP) is 4.82. The molecule has 8 heteroatoms. The third kappa shape index (κ3) is 4.47. The van der Waals surface area contributed by atoms with E-state index in [1.807, 2.05) is 31.2 Å². The number of piperidine rings is 1. The largest absolute Gasteiger partial charge is 0.497 e. The fourth-order valence-corrected chi connectivity index (χ4v) is 3.79. The summed E-state index contributed by atoms with van der Waals surface area (Å²) in [4.78, 5) is 19.5. The molecule has 4 rings (SSSR count). The van der Waals surface area contributed by atoms with Gasteiger partial charge in [0, 0.05) is 18.2 Å². The van der Waals surface area contributed by atoms with Gasteiger partial charge in [0.1, 0.15) is 17.5 Å². The van der Waals surface area contributed by atoms with Gasteiger partial charge in [-0.3, -0.25) is 0 Å². The van der Waals surface area contributed by atoms with Crippen molar-refractivity contribution in [2.45, 2.75) is 32.2 Å². The van der Waals surface area contributed by atoms with Crippen LogP contribution in [0.2, 0.25) is 0 Å². The number of ether oxygens (including phenoxy) is 2. The van der Waals surface area contributed by atoms with E-state index in [0.29, 0.717) is 35.4 Å². The van der Waals surface area contributed by atoms with Crippen LogP contribution < -0.4 is 14.8 Å². The van der Waals surface area contributed by atoms with Gasteiger partial charge in [0.05, 0.1) is 19.9 Å². The fourth-order valence-electron chi connectivity index (χ4n) is 3.79. The highest BCUT2D eigenvalue weighted by Gasteiger charge is 2.32. The number of aromatic nitrogens is 2. The zero-order valence-corrected chi connectivity index (χ0v) is 17.9. The Morgan fingerprint density at radius 1 is 1.16 bits per heavy atom. The number of nitrogens with one attached hydrogen (secondary N) is 1. The van der Waals surface area contributed by atoms with Crippen LogP contribution in [0.25, 0.3) is 11.4 Å². The number of rotatable bonds is 5. The SMILES string of the molecule is COc1ccc(NC(=O)N2CCCCC2c2nc(-c3cccc(C)c3)no2)c(OC)c1. The van der Waals surface area contributed by atoms with Crippen molar-refractivity contribution >= 4 is 11.7 Å². The first-order valence-corrected chi connectivity index (χ1v) is 10.3. The molecule has 2 aromatic carbocycles. The van der Waals surface area contributed by atoms with Crippen molar-refractivity contribution in [1.82, 2.24) is 15.0 Å². The van der Waals surface area contributed by atoms with E-state index in [2.05, 4.69) is 15.5 Å². The van der Waals surface area contributed by atoms with E-state index in [9.17, 15) is 4.79 Å². The number of nitrogens with zero attached hydrogens (tertiary/aromatic N) is 3. The smallest absolute Gasteiger partial charge is 0.322 e. The minimum atomic E-state index is -0.274. The Hall–Kier alpha value is -3.55. The average molecular weight is 422 g/mol. The van der Waals surface area contributed by atoms with Crippen LogP contribution in [0.15, 0.2) is 47.0 Å². The highest BCUT2D eigenvalue weighted by Crippen LogP contribution is 2.34. The number of urea groups is 1. The van der Waals surface area contributed by atoms with Gasteiger partial charge in [-0.1, -0.05) is 28.9 Å². The molecule has 31 heavy (non-hydrogen) atoms. The Balaban J connectivity index is 1.55. The Kier molecular flexibility index (Phi) is 6.06. The molecule has 1 N–H and O–H groups in total. The molecule has 162 valence electrons. The summed E-state index contributed by atoms with van der Waals surface area (Å²) in [5.41, 5.74) is 2.59. The molecule has 0 bridgehead atoms. The van der Waals surface area contributed by atoms with Crippen LogP contribution in [-0.2, 0) is 0 Å². The lowest BCUT2D eigenvalue weighted by Gasteiger charge is -2.33. The van der Waals surface area contributed by atoms with E-state index in [0.717, 1.165) is 30.4 Å². The number of anilines is 1. The number of methoxy groups -OCH3 is 2. The maximum absolute atomic E-state index is 13.1. The number of hydrogen-bond donors (Lipinski definition) is 1. The van der Waals surface area contributed by atoms with Crippen LogP contribution in [0.3, 0.4) is 0 Å². The topological polar surface area (TPSA) is 89.7 Å². The summed E-state index contributed by atoms with van der Waals surface area (Å²) in [5, 5.41) is 7.09. The van der Waals surface area contributed by atoms with Crippen LogP contribution in [0.1, 0.15) is 36.8 Å². The highest BCUT2D eigenvalue weighted by molar-refractivity contribution is 5.91. The molecule has 1 aliphatic heterocycles. The van der Waals surface area contributed by atoms with Crippen molar-refractivity contribution in [1.29, 1.82) is 0 Å². The minimum Gasteiger partial charge on any atom is -0.497 e. The standard InChI is InChI=1S/C23H26N4O4/c1-15-7-6-8-16(13-15)21-25-22(31-26-21)19-9-4-5-12-27(19)23(28)24-18-11-10-17(29-2)14-20(18)30-3/h6-8,10-11,13-14,19H,4-5,9,12H2,1-3H3,(H,24,28). The second-order valence-electron chi connectivity index (χ2n) is 7.53. The van der Waals surface area contributed by atoms with Crippen molar-refractivity contribution in [2.24, 2.45) is 0 Å². The Morgan fingerprint density at radius 2 is 2.03 bits per heavy atom. The molecule has 8 nitrogen and oxygen atoms in total. The number of hydrogen-bond acceptors (Lipinski definition) is 6. The van der Waals surface area contributed by atoms with E-state index in [-0.39, 0.29) is 12.1 Å². The Bertz CT molecular complexity index is 1070. The van der Waals surface area contributed by atoms with E-state index in [4.69, 9.17) is 14.0 Å². The van der Waals surface area contributed by atoms with Gasteiger partial charge in [-0.25, -0.2) is 4.79 Å². The van der Waals surface area contributed by atoms with Crippen LogP contribution in [0.5, 0.6) is 11.5 Å². The first-order valence-electron chi connectivity index (χ1n) is 10.3. The summed E-state index contributed by atoms with van der Waals surface area (Å²) in [6.45, 7) is 2.63. The number of carbonyl (C=O) groups is 1. The normalized spacial score (nSPS) is 16.1. The monoisotopic (exact) mass is 422 g/mol. The first kappa shape index (κ1) is 20.7. The molecule has 3 aromatic rings. The summed E-state index contributed by atoms with van der Waals surface area (Å²) in [5.74, 6) is 2.16. The van der Waals surface area contributed by atoms with Gasteiger partial charge in [-0.15, -0.1) is 0 Å². The van der Waals surface area contributed by atoms with Gasteiger partial charge in [-0.05, 0) is 44.4 Å². The Morgan fingerprint density at radius 3 is 2.81 bits per heavy atom. The number of carbonyl (C=O) groups excluding carboxylic acids is 1. The molecular weight excluding hydrogens is 396 g/mol. The van der Waals surface area contributed by atoms with Gasteiger partial charge < -0.3 is 24.2 Å². The molecule has 1 unspecified atom stereocenters. The highest BCUT2D eigenvalue weighted by atomic mass is 16.5. The van der Waals surface area contributed by atoms with Crippen LogP contribution in [-0.4, -0.2) is 41.8 Å². The molecule has 0 spiro atoms. The maximum Gasteiger partial charge on any atom is 0.322 e. The molecule has 1 saturated heterocycles. The summed E-state index contributed by atoms with van der Waals surface area (Å²) < 4.78 is 16.2. The second kappa shape index (κ2) is 9.07. The molecule has 2 heterocycles. The summed E-state index contributed by atoms with van der Waals surface area (Å²) in [7, 11) is 3.14. The summed E-state index contributed by atoms with van der Waals surface area (Å²) in [6.07, 6.45) is 2.67. The number of benzene rings is 2. The molecule has 0 saturated carbocycles. The molecule has 0 aliphatic carbocycles. The molecule has 1 aromatic heterocycles. The third-order valence-corrected chi connectivity index (χ3v) is 5.42. The molecule has 1 fully saturated rings. The molecule has 1 aliphatic rings. The van der Waals surface area contributed by atoms with Gasteiger partial charge >= 0.3 is 6.03 Å². The number of likely N-dealkylation sites (tertiary alicyclic amines) is 1. The van der Waals surface area contributed by atoms with Crippen molar-refractivity contribution in [2.75, 3.05) is 26.1 Å². The van der Waals surface area contributed by atoms with Gasteiger partial charge in [0.25, 0.3) is 0 Å². The first-order chi connectivity index (χ1) is 15.1. The van der Waals surface area contributed by atoms with Crippen LogP contribution in [0.4, 0.5) is 10.5 Å². The molecule has 2 amide bonds. The lowest BCUT2D eigenvalue weighted by Crippen LogP contribution is -2.41. The number of amides is 2. The summed E-state index contributed by atoms with van der Waals surface area (Å²) in [6, 6.07) is 12.7. The van der Waals surface area contributed by atoms with Gasteiger partial charge in [0.15, 0.2) is 0 Å². The zero-order chi connectivity index (χ0) is 21.8. The maximum atomic E-state index is 13.1. The van der Waals surface area contributed by atoms with Crippen molar-refractivity contribution in [3.8, 4) is 22.9 Å². The number of aryl methyl sites for hydroxylation is 1. The van der Waals surface area contributed by atoms with Crippen molar-refractivity contribution in [3.63, 3.8) is 0 Å². The minimum absolute atomic E-state index is 0.233. The average Bonchev–Trinajstić information content (AvgIpc) is 3.29. The van der Waals surface area contributed by atoms with E-state index in [1.54, 1.807) is 37.3 Å². The van der Waals surface area contributed by atoms with E-state index < -0.39 is 0 Å². The van der Waals surface area contributed by atoms with Crippen molar-refractivity contribution in [3.05, 3.63) is 53.9 Å². The quantitative estimate of drug-likeness (QED) is 0.634. The van der Waals surface area contributed by atoms with Gasteiger partial charge in [-0.2, -0.15) is 4.98 Å². The molecule has 0 radical (unpaired) electrons. The third-order valence-electron chi connectivity index (χ3n) is 5.42. The van der Waals surface area contributed by atoms with E-state index in [1.165, 1.54) is 0 Å². The lowest BCUT2D eigenvalue weighted by molar-refractivity contribution is 0.142. The lowest BCUT2D eigenvalue weighted by atomic mass is 10.0. The predicted molar refractivity (Wildman–Crippen MR) is 116 cm³/mol. The van der Waals surface area contributed by atoms with Gasteiger partial charge in [0.2, 0.25) is 11.7 Å². The summed E-state index contributed by atoms with van der Waals surface area (Å²) >= 11 is 0. The van der Waals surface area contributed by atoms with E-state index >= 15 is 0 Å². The van der Waals surface area contributed by atoms with Crippen molar-refractivity contribution < 1.29 is 18.8 Å². The Labute approximate surface area is 181 Å². The zero-order valence-electron chi connectivity index (χ0n) is 17.9. The second-order valence-corrected chi connectivity index (χ2v) is 7.53.